The van der Waals surface area contributed by atoms with Gasteiger partial charge in [0.25, 0.3) is 0 Å². The van der Waals surface area contributed by atoms with E-state index in [2.05, 4.69) is 4.99 Å². The molecule has 4 rings (SSSR count). The second kappa shape index (κ2) is 10.5. The molecular formula is C25H29F3N2O4S. The number of fused-ring (bicyclic) bond motifs is 1. The van der Waals surface area contributed by atoms with Crippen molar-refractivity contribution >= 4 is 16.9 Å². The highest BCUT2D eigenvalue weighted by atomic mass is 32.2. The van der Waals surface area contributed by atoms with Gasteiger partial charge >= 0.3 is 6.18 Å². The first-order valence-corrected chi connectivity index (χ1v) is 12.2. The second-order valence-electron chi connectivity index (χ2n) is 8.97. The molecule has 2 heterocycles. The number of rotatable bonds is 7. The van der Waals surface area contributed by atoms with Crippen molar-refractivity contribution in [2.75, 3.05) is 14.1 Å². The lowest BCUT2D eigenvalue weighted by molar-refractivity contribution is -0.343. The first-order valence-electron chi connectivity index (χ1n) is 11.3. The number of thioether (sulfide) groups is 1. The van der Waals surface area contributed by atoms with Gasteiger partial charge in [0, 0.05) is 14.1 Å². The van der Waals surface area contributed by atoms with E-state index in [0.717, 1.165) is 11.8 Å². The average Bonchev–Trinajstić information content (AvgIpc) is 3.27. The number of aliphatic hydroxyl groups is 2. The van der Waals surface area contributed by atoms with Gasteiger partial charge in [-0.05, 0) is 24.0 Å². The van der Waals surface area contributed by atoms with Gasteiger partial charge in [0.15, 0.2) is 10.8 Å². The summed E-state index contributed by atoms with van der Waals surface area (Å²) in [5.41, 5.74) is -2.50. The normalized spacial score (nSPS) is 28.2. The minimum Gasteiger partial charge on any atom is -0.388 e. The lowest BCUT2D eigenvalue weighted by Crippen LogP contribution is -2.68. The van der Waals surface area contributed by atoms with Gasteiger partial charge < -0.3 is 24.6 Å². The van der Waals surface area contributed by atoms with E-state index in [1.807, 2.05) is 0 Å². The maximum absolute atomic E-state index is 15.0. The lowest BCUT2D eigenvalue weighted by atomic mass is 9.81. The van der Waals surface area contributed by atoms with Crippen LogP contribution in [0.25, 0.3) is 0 Å². The molecule has 0 radical (unpaired) electrons. The van der Waals surface area contributed by atoms with Crippen LogP contribution in [0, 0.1) is 0 Å². The smallest absolute Gasteiger partial charge is 0.388 e. The summed E-state index contributed by atoms with van der Waals surface area (Å²) in [6.07, 6.45) is -10.6. The van der Waals surface area contributed by atoms with Crippen molar-refractivity contribution in [1.29, 1.82) is 0 Å². The summed E-state index contributed by atoms with van der Waals surface area (Å²) in [5, 5.41) is 22.3. The molecule has 1 fully saturated rings. The highest BCUT2D eigenvalue weighted by Crippen LogP contribution is 2.48. The molecule has 0 unspecified atom stereocenters. The van der Waals surface area contributed by atoms with Gasteiger partial charge in [-0.15, -0.1) is 0 Å². The van der Waals surface area contributed by atoms with Crippen molar-refractivity contribution in [3.8, 4) is 0 Å². The molecule has 2 aromatic carbocycles. The fourth-order valence-corrected chi connectivity index (χ4v) is 5.53. The number of hydrogen-bond acceptors (Lipinski definition) is 7. The third-order valence-corrected chi connectivity index (χ3v) is 7.64. The first kappa shape index (κ1) is 26.0. The predicted molar refractivity (Wildman–Crippen MR) is 128 cm³/mol. The summed E-state index contributed by atoms with van der Waals surface area (Å²) >= 11 is 1.13. The van der Waals surface area contributed by atoms with Crippen LogP contribution in [-0.2, 0) is 22.5 Å². The Morgan fingerprint density at radius 2 is 1.57 bits per heavy atom. The molecule has 0 saturated carbocycles. The van der Waals surface area contributed by atoms with E-state index in [9.17, 15) is 23.4 Å². The zero-order valence-corrected chi connectivity index (χ0v) is 20.2. The van der Waals surface area contributed by atoms with E-state index in [0.29, 0.717) is 16.3 Å². The molecule has 35 heavy (non-hydrogen) atoms. The topological polar surface area (TPSA) is 74.5 Å². The number of aliphatic imine (C=N–C) groups is 1. The number of ether oxygens (including phenoxy) is 2. The van der Waals surface area contributed by atoms with Crippen LogP contribution in [0.1, 0.15) is 17.5 Å². The molecule has 0 amide bonds. The van der Waals surface area contributed by atoms with Gasteiger partial charge in [-0.25, -0.2) is 0 Å². The van der Waals surface area contributed by atoms with E-state index in [1.165, 1.54) is 0 Å². The third-order valence-electron chi connectivity index (χ3n) is 6.34. The minimum atomic E-state index is -4.90. The molecule has 6 atom stereocenters. The number of halogens is 3. The van der Waals surface area contributed by atoms with Crippen LogP contribution in [0.2, 0.25) is 0 Å². The Morgan fingerprint density at radius 3 is 2.14 bits per heavy atom. The van der Waals surface area contributed by atoms with Crippen molar-refractivity contribution < 1.29 is 32.9 Å². The highest BCUT2D eigenvalue weighted by molar-refractivity contribution is 8.14. The van der Waals surface area contributed by atoms with E-state index in [4.69, 9.17) is 9.47 Å². The average molecular weight is 511 g/mol. The number of aryl methyl sites for hydroxylation is 1. The van der Waals surface area contributed by atoms with Crippen LogP contribution in [0.3, 0.4) is 0 Å². The third kappa shape index (κ3) is 5.36. The predicted octanol–water partition coefficient (Wildman–Crippen LogP) is 3.62. The summed E-state index contributed by atoms with van der Waals surface area (Å²) in [7, 11) is 3.48. The number of aliphatic hydroxyl groups excluding tert-OH is 2. The van der Waals surface area contributed by atoms with Crippen LogP contribution in [0.15, 0.2) is 65.7 Å². The van der Waals surface area contributed by atoms with Crippen molar-refractivity contribution in [2.45, 2.75) is 61.0 Å². The standard InChI is InChI=1S/C25H29F3N2O4S/c1-30(2)23-29-18-19(31)20(32)21(34-22(18)35-23)24(25(26,27)28,14-13-16-9-5-3-6-10-16)33-15-17-11-7-4-8-12-17/h3-12,18-22,31-32H,13-15H2,1-2H3/t18-,19-,20+,21+,22-,24-/m1/s1. The van der Waals surface area contributed by atoms with E-state index >= 15 is 0 Å². The minimum absolute atomic E-state index is 0.0402. The lowest BCUT2D eigenvalue weighted by Gasteiger charge is -2.48. The fraction of sp³-hybridized carbons (Fsp3) is 0.480. The summed E-state index contributed by atoms with van der Waals surface area (Å²) < 4.78 is 56.5. The Kier molecular flexibility index (Phi) is 7.77. The Labute approximate surface area is 206 Å². The van der Waals surface area contributed by atoms with Gasteiger partial charge in [0.1, 0.15) is 29.8 Å². The monoisotopic (exact) mass is 510 g/mol. The summed E-state index contributed by atoms with van der Waals surface area (Å²) in [6.45, 7) is -0.335. The first-order chi connectivity index (χ1) is 16.6. The molecule has 1 saturated heterocycles. The van der Waals surface area contributed by atoms with Crippen LogP contribution < -0.4 is 0 Å². The van der Waals surface area contributed by atoms with Crippen LogP contribution >= 0.6 is 11.8 Å². The number of alkyl halides is 3. The molecule has 0 spiro atoms. The van der Waals surface area contributed by atoms with Crippen molar-refractivity contribution in [3.05, 3.63) is 71.8 Å². The fourth-order valence-electron chi connectivity index (χ4n) is 4.39. The van der Waals surface area contributed by atoms with Gasteiger partial charge in [-0.3, -0.25) is 4.99 Å². The van der Waals surface area contributed by atoms with Crippen LogP contribution in [0.5, 0.6) is 0 Å². The quantitative estimate of drug-likeness (QED) is 0.593. The zero-order chi connectivity index (χ0) is 25.2. The molecule has 2 aromatic rings. The van der Waals surface area contributed by atoms with Crippen molar-refractivity contribution in [1.82, 2.24) is 4.90 Å². The Hall–Kier alpha value is -2.11. The largest absolute Gasteiger partial charge is 0.420 e. The van der Waals surface area contributed by atoms with Gasteiger partial charge in [0.2, 0.25) is 0 Å². The number of amidine groups is 1. The maximum Gasteiger partial charge on any atom is 0.420 e. The van der Waals surface area contributed by atoms with Gasteiger partial charge in [-0.2, -0.15) is 13.2 Å². The number of hydrogen-bond donors (Lipinski definition) is 2. The van der Waals surface area contributed by atoms with Crippen molar-refractivity contribution in [2.24, 2.45) is 4.99 Å². The molecule has 2 aliphatic rings. The summed E-state index contributed by atoms with van der Waals surface area (Å²) in [4.78, 5) is 6.05. The Balaban J connectivity index is 1.69. The van der Waals surface area contributed by atoms with E-state index in [-0.39, 0.29) is 13.0 Å². The zero-order valence-electron chi connectivity index (χ0n) is 19.4. The second-order valence-corrected chi connectivity index (χ2v) is 10.0. The Morgan fingerprint density at radius 1 is 0.971 bits per heavy atom. The molecule has 190 valence electrons. The number of nitrogens with zero attached hydrogens (tertiary/aromatic N) is 2. The van der Waals surface area contributed by atoms with Gasteiger partial charge in [-0.1, -0.05) is 72.4 Å². The number of benzene rings is 2. The summed E-state index contributed by atoms with van der Waals surface area (Å²) in [5.74, 6) is 0. The Bertz CT molecular complexity index is 963. The molecule has 2 aliphatic heterocycles. The van der Waals surface area contributed by atoms with Gasteiger partial charge in [0.05, 0.1) is 6.61 Å². The molecule has 10 heteroatoms. The van der Waals surface area contributed by atoms with Crippen LogP contribution in [-0.4, -0.2) is 75.9 Å². The highest BCUT2D eigenvalue weighted by Gasteiger charge is 2.66. The maximum atomic E-state index is 15.0. The molecule has 2 N–H and O–H groups in total. The molecule has 0 bridgehead atoms. The van der Waals surface area contributed by atoms with E-state index in [1.54, 1.807) is 79.7 Å². The molecule has 0 aromatic heterocycles. The molecule has 0 aliphatic carbocycles. The molecule has 6 nitrogen and oxygen atoms in total. The van der Waals surface area contributed by atoms with Crippen molar-refractivity contribution in [3.63, 3.8) is 0 Å². The SMILES string of the molecule is CN(C)C1=N[C@@H]2[C@@H](O)[C@H](O)[C@@H]([C@@](CCc3ccccc3)(OCc3ccccc3)C(F)(F)F)O[C@@H]2S1. The summed E-state index contributed by atoms with van der Waals surface area (Å²) in [6, 6.07) is 16.4. The molecular weight excluding hydrogens is 481 g/mol. The van der Waals surface area contributed by atoms with E-state index < -0.39 is 48.0 Å². The van der Waals surface area contributed by atoms with Crippen LogP contribution in [0.4, 0.5) is 13.2 Å².